The van der Waals surface area contributed by atoms with E-state index in [1.54, 1.807) is 18.2 Å². The van der Waals surface area contributed by atoms with Crippen molar-refractivity contribution in [2.45, 2.75) is 56.4 Å². The lowest BCUT2D eigenvalue weighted by Crippen LogP contribution is -2.42. The number of aryl methyl sites for hydroxylation is 1. The highest BCUT2D eigenvalue weighted by Gasteiger charge is 2.45. The molecule has 2 aliphatic rings. The summed E-state index contributed by atoms with van der Waals surface area (Å²) in [5, 5.41) is 23.7. The van der Waals surface area contributed by atoms with Crippen LogP contribution in [0.4, 0.5) is 0 Å². The Labute approximate surface area is 239 Å². The summed E-state index contributed by atoms with van der Waals surface area (Å²) >= 11 is 2.70. The molecular weight excluding hydrogens is 552 g/mol. The van der Waals surface area contributed by atoms with E-state index in [0.717, 1.165) is 50.5 Å². The van der Waals surface area contributed by atoms with Crippen molar-refractivity contribution in [2.75, 3.05) is 20.4 Å². The molecule has 0 bridgehead atoms. The molecule has 0 atom stereocenters. The van der Waals surface area contributed by atoms with Crippen molar-refractivity contribution < 1.29 is 28.9 Å². The maximum atomic E-state index is 13.3. The first-order valence-electron chi connectivity index (χ1n) is 13.3. The van der Waals surface area contributed by atoms with Crippen molar-refractivity contribution in [3.8, 4) is 11.5 Å². The lowest BCUT2D eigenvalue weighted by Gasteiger charge is -2.35. The number of rotatable bonds is 10. The Morgan fingerprint density at radius 1 is 1.18 bits per heavy atom. The van der Waals surface area contributed by atoms with Crippen LogP contribution in [0.15, 0.2) is 41.1 Å². The van der Waals surface area contributed by atoms with Crippen molar-refractivity contribution in [1.82, 2.24) is 19.9 Å². The number of esters is 1. The molecular formula is C28H30N4O6S2. The molecule has 10 nitrogen and oxygen atoms in total. The highest BCUT2D eigenvalue weighted by atomic mass is 32.1. The van der Waals surface area contributed by atoms with Crippen LogP contribution >= 0.6 is 22.7 Å². The van der Waals surface area contributed by atoms with Crippen molar-refractivity contribution >= 4 is 46.0 Å². The van der Waals surface area contributed by atoms with Crippen molar-refractivity contribution in [2.24, 2.45) is 0 Å². The molecule has 40 heavy (non-hydrogen) atoms. The molecule has 1 N–H and O–H groups in total. The first-order valence-corrected chi connectivity index (χ1v) is 15.1. The molecule has 1 saturated carbocycles. The van der Waals surface area contributed by atoms with Crippen LogP contribution in [-0.4, -0.2) is 69.8 Å². The Kier molecular flexibility index (Phi) is 7.58. The third-order valence-electron chi connectivity index (χ3n) is 7.74. The zero-order valence-corrected chi connectivity index (χ0v) is 23.7. The van der Waals surface area contributed by atoms with E-state index in [4.69, 9.17) is 14.2 Å². The number of ether oxygens (including phenoxy) is 3. The van der Waals surface area contributed by atoms with Gasteiger partial charge in [0.05, 0.1) is 15.3 Å². The molecule has 1 aromatic carbocycles. The van der Waals surface area contributed by atoms with E-state index in [-0.39, 0.29) is 12.9 Å². The number of benzene rings is 1. The fraction of sp³-hybridized carbons (Fsp3) is 0.429. The number of fused-ring (bicyclic) bond motifs is 3. The molecule has 3 aromatic heterocycles. The molecule has 1 fully saturated rings. The van der Waals surface area contributed by atoms with Crippen molar-refractivity contribution in [3.05, 3.63) is 56.4 Å². The van der Waals surface area contributed by atoms with Gasteiger partial charge in [0, 0.05) is 12.6 Å². The Bertz CT molecular complexity index is 1440. The summed E-state index contributed by atoms with van der Waals surface area (Å²) in [4.78, 5) is 28.2. The molecule has 4 aromatic rings. The number of aliphatic hydroxyl groups is 1. The molecule has 4 heterocycles. The van der Waals surface area contributed by atoms with Gasteiger partial charge in [-0.05, 0) is 74.7 Å². The van der Waals surface area contributed by atoms with E-state index in [1.165, 1.54) is 22.7 Å². The van der Waals surface area contributed by atoms with Gasteiger partial charge in [0.15, 0.2) is 17.8 Å². The van der Waals surface area contributed by atoms with Crippen LogP contribution in [0, 0.1) is 0 Å². The normalized spacial score (nSPS) is 18.9. The summed E-state index contributed by atoms with van der Waals surface area (Å²) in [6, 6.07) is 9.27. The van der Waals surface area contributed by atoms with Crippen LogP contribution in [-0.2, 0) is 21.7 Å². The molecule has 12 heteroatoms. The predicted molar refractivity (Wildman–Crippen MR) is 150 cm³/mol. The molecule has 0 radical (unpaired) electrons. The number of hydrogen-bond acceptors (Lipinski definition) is 11. The van der Waals surface area contributed by atoms with Gasteiger partial charge in [0.1, 0.15) is 17.1 Å². The second-order valence-electron chi connectivity index (χ2n) is 10.2. The Hall–Kier alpha value is -3.32. The molecule has 1 aliphatic carbocycles. The first-order chi connectivity index (χ1) is 19.5. The molecule has 0 saturated heterocycles. The number of aromatic nitrogens is 3. The second kappa shape index (κ2) is 11.3. The number of carbonyl (C=O) groups excluding carboxylic acids is 2. The van der Waals surface area contributed by atoms with Crippen molar-refractivity contribution in [1.29, 1.82) is 0 Å². The van der Waals surface area contributed by atoms with Crippen LogP contribution in [0.25, 0.3) is 11.0 Å². The third-order valence-corrected chi connectivity index (χ3v) is 9.70. The third kappa shape index (κ3) is 4.89. The highest BCUT2D eigenvalue weighted by Crippen LogP contribution is 2.41. The summed E-state index contributed by atoms with van der Waals surface area (Å²) < 4.78 is 18.8. The van der Waals surface area contributed by atoms with Gasteiger partial charge < -0.3 is 24.2 Å². The first kappa shape index (κ1) is 26.9. The highest BCUT2D eigenvalue weighted by molar-refractivity contribution is 7.12. The zero-order valence-electron chi connectivity index (χ0n) is 22.0. The molecule has 210 valence electrons. The minimum absolute atomic E-state index is 0.0720. The molecule has 6 rings (SSSR count). The van der Waals surface area contributed by atoms with E-state index in [9.17, 15) is 14.7 Å². The van der Waals surface area contributed by atoms with Gasteiger partial charge in [0.2, 0.25) is 12.4 Å². The number of aldehydes is 1. The Balaban J connectivity index is 1.02. The predicted octanol–water partition coefficient (Wildman–Crippen LogP) is 4.21. The zero-order chi connectivity index (χ0) is 27.7. The van der Waals surface area contributed by atoms with Gasteiger partial charge in [-0.1, -0.05) is 17.3 Å². The lowest BCUT2D eigenvalue weighted by molar-refractivity contribution is -0.169. The SMILES string of the molecule is CN(CCCn1nnc2cc(C=O)c3c(c21)OCO3)C1CCC(OC(=O)C(O)(c2cccs2)c2cccs2)CC1. The van der Waals surface area contributed by atoms with E-state index in [0.29, 0.717) is 44.9 Å². The van der Waals surface area contributed by atoms with E-state index < -0.39 is 11.6 Å². The monoisotopic (exact) mass is 582 g/mol. The summed E-state index contributed by atoms with van der Waals surface area (Å²) in [5.74, 6) is 0.371. The number of nitrogens with zero attached hydrogens (tertiary/aromatic N) is 4. The van der Waals surface area contributed by atoms with Crippen molar-refractivity contribution in [3.63, 3.8) is 0 Å². The van der Waals surface area contributed by atoms with Crippen LogP contribution in [0.5, 0.6) is 11.5 Å². The Morgan fingerprint density at radius 2 is 1.88 bits per heavy atom. The quantitative estimate of drug-likeness (QED) is 0.217. The standard InChI is InChI=1S/C28H30N4O6S2/c1-31(11-4-12-32-24-21(29-30-32)15-18(16-33)25-26(24)37-17-36-25)19-7-9-20(10-8-19)38-27(34)28(35,22-5-2-13-39-22)23-6-3-14-40-23/h2-3,5-6,13-16,19-20,35H,4,7-12,17H2,1H3. The van der Waals surface area contributed by atoms with Gasteiger partial charge >= 0.3 is 5.97 Å². The second-order valence-corrected chi connectivity index (χ2v) is 12.1. The molecule has 0 spiro atoms. The lowest BCUT2D eigenvalue weighted by atomic mass is 9.91. The number of thiophene rings is 2. The fourth-order valence-corrected chi connectivity index (χ4v) is 7.28. The summed E-state index contributed by atoms with van der Waals surface area (Å²) in [6.45, 7) is 1.58. The van der Waals surface area contributed by atoms with E-state index in [1.807, 2.05) is 27.6 Å². The minimum atomic E-state index is -1.77. The smallest absolute Gasteiger partial charge is 0.349 e. The Morgan fingerprint density at radius 3 is 2.52 bits per heavy atom. The van der Waals surface area contributed by atoms with Gasteiger partial charge in [0.25, 0.3) is 0 Å². The van der Waals surface area contributed by atoms with Gasteiger partial charge in [-0.3, -0.25) is 4.79 Å². The van der Waals surface area contributed by atoms with Gasteiger partial charge in [-0.15, -0.1) is 27.8 Å². The maximum Gasteiger partial charge on any atom is 0.349 e. The van der Waals surface area contributed by atoms with E-state index >= 15 is 0 Å². The topological polar surface area (TPSA) is 116 Å². The van der Waals surface area contributed by atoms with Crippen LogP contribution in [0.1, 0.15) is 52.2 Å². The molecule has 0 amide bonds. The molecule has 1 aliphatic heterocycles. The average molecular weight is 583 g/mol. The van der Waals surface area contributed by atoms with Gasteiger partial charge in [-0.2, -0.15) is 0 Å². The summed E-state index contributed by atoms with van der Waals surface area (Å²) in [7, 11) is 2.12. The molecule has 0 unspecified atom stereocenters. The average Bonchev–Trinajstić information content (AvgIpc) is 3.79. The largest absolute Gasteiger partial charge is 0.460 e. The minimum Gasteiger partial charge on any atom is -0.460 e. The summed E-state index contributed by atoms with van der Waals surface area (Å²) in [6.07, 6.45) is 4.69. The number of hydrogen-bond donors (Lipinski definition) is 1. The van der Waals surface area contributed by atoms with Gasteiger partial charge in [-0.25, -0.2) is 9.48 Å². The van der Waals surface area contributed by atoms with Crippen LogP contribution in [0.3, 0.4) is 0 Å². The fourth-order valence-electron chi connectivity index (χ4n) is 5.57. The summed E-state index contributed by atoms with van der Waals surface area (Å²) in [5.41, 5.74) is -0.00492. The van der Waals surface area contributed by atoms with Crippen LogP contribution in [0.2, 0.25) is 0 Å². The van der Waals surface area contributed by atoms with Crippen LogP contribution < -0.4 is 9.47 Å². The van der Waals surface area contributed by atoms with E-state index in [2.05, 4.69) is 22.3 Å². The number of carbonyl (C=O) groups is 2. The maximum absolute atomic E-state index is 13.3.